The van der Waals surface area contributed by atoms with Crippen LogP contribution in [-0.2, 0) is 9.53 Å². The molecule has 1 N–H and O–H groups in total. The van der Waals surface area contributed by atoms with Crippen LogP contribution in [0, 0.1) is 0 Å². The summed E-state index contributed by atoms with van der Waals surface area (Å²) >= 11 is 5.97. The van der Waals surface area contributed by atoms with E-state index in [1.807, 2.05) is 12.1 Å². The molecule has 2 rings (SSSR count). The molecule has 0 aliphatic carbocycles. The van der Waals surface area contributed by atoms with Crippen LogP contribution in [0.2, 0.25) is 5.02 Å². The highest BCUT2D eigenvalue weighted by Crippen LogP contribution is 2.33. The molecule has 0 heterocycles. The van der Waals surface area contributed by atoms with Gasteiger partial charge in [0.1, 0.15) is 18.1 Å². The first-order chi connectivity index (χ1) is 10.6. The fourth-order valence-corrected chi connectivity index (χ4v) is 1.97. The maximum Gasteiger partial charge on any atom is 0.250 e. The second-order valence-electron chi connectivity index (χ2n) is 4.40. The molecule has 2 aromatic carbocycles. The summed E-state index contributed by atoms with van der Waals surface area (Å²) in [6.45, 7) is -0.0505. The summed E-state index contributed by atoms with van der Waals surface area (Å²) in [6.07, 6.45) is 0. The zero-order valence-corrected chi connectivity index (χ0v) is 13.0. The van der Waals surface area contributed by atoms with Gasteiger partial charge in [-0.25, -0.2) is 0 Å². The van der Waals surface area contributed by atoms with Gasteiger partial charge in [0.15, 0.2) is 5.75 Å². The topological polar surface area (TPSA) is 56.8 Å². The molecule has 0 aromatic heterocycles. The maximum atomic E-state index is 11.7. The predicted octanol–water partition coefficient (Wildman–Crippen LogP) is 3.73. The highest BCUT2D eigenvalue weighted by atomic mass is 35.5. The van der Waals surface area contributed by atoms with Crippen molar-refractivity contribution in [2.45, 2.75) is 0 Å². The predicted molar refractivity (Wildman–Crippen MR) is 85.0 cm³/mol. The number of ether oxygens (including phenoxy) is 3. The van der Waals surface area contributed by atoms with Gasteiger partial charge in [0.25, 0.3) is 0 Å². The first kappa shape index (κ1) is 16.1. The van der Waals surface area contributed by atoms with Gasteiger partial charge in [-0.2, -0.15) is 0 Å². The van der Waals surface area contributed by atoms with Gasteiger partial charge in [-0.1, -0.05) is 17.7 Å². The van der Waals surface area contributed by atoms with Crippen LogP contribution >= 0.6 is 11.6 Å². The van der Waals surface area contributed by atoms with Crippen LogP contribution in [0.4, 0.5) is 5.69 Å². The molecule has 0 saturated carbocycles. The Hall–Kier alpha value is -2.24. The van der Waals surface area contributed by atoms with E-state index in [1.54, 1.807) is 37.4 Å². The fraction of sp³-hybridized carbons (Fsp3) is 0.188. The number of rotatable bonds is 6. The number of anilines is 1. The van der Waals surface area contributed by atoms with Gasteiger partial charge < -0.3 is 19.5 Å². The lowest BCUT2D eigenvalue weighted by Crippen LogP contribution is -2.17. The Kier molecular flexibility index (Phi) is 5.63. The summed E-state index contributed by atoms with van der Waals surface area (Å²) in [7, 11) is 3.03. The highest BCUT2D eigenvalue weighted by molar-refractivity contribution is 6.31. The van der Waals surface area contributed by atoms with Gasteiger partial charge in [0.05, 0.1) is 12.8 Å². The largest absolute Gasteiger partial charge is 0.497 e. The summed E-state index contributed by atoms with van der Waals surface area (Å²) < 4.78 is 15.7. The van der Waals surface area contributed by atoms with Crippen molar-refractivity contribution in [1.82, 2.24) is 0 Å². The van der Waals surface area contributed by atoms with Crippen LogP contribution in [0.25, 0.3) is 0 Å². The number of benzene rings is 2. The molecule has 0 aliphatic heterocycles. The van der Waals surface area contributed by atoms with Gasteiger partial charge in [-0.3, -0.25) is 4.79 Å². The molecule has 6 heteroatoms. The number of nitrogens with one attached hydrogen (secondary N) is 1. The third kappa shape index (κ3) is 4.38. The van der Waals surface area contributed by atoms with E-state index < -0.39 is 0 Å². The summed E-state index contributed by atoms with van der Waals surface area (Å²) in [6, 6.07) is 12.1. The van der Waals surface area contributed by atoms with Crippen molar-refractivity contribution in [3.05, 3.63) is 47.5 Å². The average Bonchev–Trinajstić information content (AvgIpc) is 2.50. The third-order valence-corrected chi connectivity index (χ3v) is 3.00. The molecule has 2 aromatic rings. The minimum atomic E-state index is -0.291. The van der Waals surface area contributed by atoms with E-state index in [2.05, 4.69) is 5.32 Å². The van der Waals surface area contributed by atoms with Crippen LogP contribution in [0.15, 0.2) is 42.5 Å². The first-order valence-corrected chi connectivity index (χ1v) is 6.90. The van der Waals surface area contributed by atoms with Crippen molar-refractivity contribution in [1.29, 1.82) is 0 Å². The molecular weight excluding hydrogens is 306 g/mol. The van der Waals surface area contributed by atoms with Gasteiger partial charge >= 0.3 is 0 Å². The zero-order valence-electron chi connectivity index (χ0n) is 12.3. The van der Waals surface area contributed by atoms with Crippen LogP contribution < -0.4 is 14.8 Å². The van der Waals surface area contributed by atoms with Crippen molar-refractivity contribution in [3.63, 3.8) is 0 Å². The molecule has 0 bridgehead atoms. The highest BCUT2D eigenvalue weighted by Gasteiger charge is 2.10. The van der Waals surface area contributed by atoms with E-state index in [-0.39, 0.29) is 12.5 Å². The molecule has 5 nitrogen and oxygen atoms in total. The molecule has 0 atom stereocenters. The molecular formula is C16H16ClNO4. The number of carbonyl (C=O) groups is 1. The van der Waals surface area contributed by atoms with Crippen molar-refractivity contribution < 1.29 is 19.0 Å². The van der Waals surface area contributed by atoms with Gasteiger partial charge in [-0.15, -0.1) is 0 Å². The lowest BCUT2D eigenvalue weighted by molar-refractivity contribution is -0.119. The van der Waals surface area contributed by atoms with E-state index in [1.165, 1.54) is 7.11 Å². The number of hydrogen-bond acceptors (Lipinski definition) is 4. The molecule has 0 radical (unpaired) electrons. The molecule has 1 amide bonds. The van der Waals surface area contributed by atoms with Gasteiger partial charge in [0.2, 0.25) is 5.91 Å². The fourth-order valence-electron chi connectivity index (χ4n) is 1.80. The third-order valence-electron chi connectivity index (χ3n) is 2.76. The van der Waals surface area contributed by atoms with Crippen LogP contribution in [0.3, 0.4) is 0 Å². The van der Waals surface area contributed by atoms with E-state index >= 15 is 0 Å². The van der Waals surface area contributed by atoms with Crippen molar-refractivity contribution in [3.8, 4) is 17.2 Å². The van der Waals surface area contributed by atoms with E-state index in [0.717, 1.165) is 0 Å². The minimum Gasteiger partial charge on any atom is -0.497 e. The standard InChI is InChI=1S/C16H16ClNO4/c1-20-10-16(19)18-14-8-11(17)6-7-15(14)22-13-5-3-4-12(9-13)21-2/h3-9H,10H2,1-2H3,(H,18,19). The lowest BCUT2D eigenvalue weighted by Gasteiger charge is -2.13. The van der Waals surface area contributed by atoms with E-state index in [0.29, 0.717) is 28.0 Å². The molecule has 116 valence electrons. The zero-order chi connectivity index (χ0) is 15.9. The molecule has 22 heavy (non-hydrogen) atoms. The Bertz CT molecular complexity index is 660. The minimum absolute atomic E-state index is 0.0505. The van der Waals surface area contributed by atoms with E-state index in [9.17, 15) is 4.79 Å². The molecule has 0 aliphatic rings. The molecule has 0 fully saturated rings. The Balaban J connectivity index is 2.24. The smallest absolute Gasteiger partial charge is 0.250 e. The summed E-state index contributed by atoms with van der Waals surface area (Å²) in [5, 5.41) is 3.19. The Labute approximate surface area is 133 Å². The molecule has 0 saturated heterocycles. The summed E-state index contributed by atoms with van der Waals surface area (Å²) in [4.78, 5) is 11.7. The van der Waals surface area contributed by atoms with Gasteiger partial charge in [0, 0.05) is 18.2 Å². The molecule has 0 unspecified atom stereocenters. The van der Waals surface area contributed by atoms with Crippen molar-refractivity contribution in [2.75, 3.05) is 26.1 Å². The maximum absolute atomic E-state index is 11.7. The summed E-state index contributed by atoms with van der Waals surface area (Å²) in [5.74, 6) is 1.45. The second kappa shape index (κ2) is 7.68. The van der Waals surface area contributed by atoms with E-state index in [4.69, 9.17) is 25.8 Å². The van der Waals surface area contributed by atoms with Crippen LogP contribution in [0.1, 0.15) is 0 Å². The number of methoxy groups -OCH3 is 2. The number of carbonyl (C=O) groups excluding carboxylic acids is 1. The second-order valence-corrected chi connectivity index (χ2v) is 4.84. The van der Waals surface area contributed by atoms with Gasteiger partial charge in [-0.05, 0) is 30.3 Å². The Morgan fingerprint density at radius 2 is 1.91 bits per heavy atom. The quantitative estimate of drug-likeness (QED) is 0.881. The Morgan fingerprint density at radius 3 is 2.64 bits per heavy atom. The Morgan fingerprint density at radius 1 is 1.14 bits per heavy atom. The SMILES string of the molecule is COCC(=O)Nc1cc(Cl)ccc1Oc1cccc(OC)c1. The number of hydrogen-bond donors (Lipinski definition) is 1. The average molecular weight is 322 g/mol. The first-order valence-electron chi connectivity index (χ1n) is 6.52. The normalized spacial score (nSPS) is 10.1. The van der Waals surface area contributed by atoms with Crippen LogP contribution in [0.5, 0.6) is 17.2 Å². The monoisotopic (exact) mass is 321 g/mol. The summed E-state index contributed by atoms with van der Waals surface area (Å²) in [5.41, 5.74) is 0.470. The lowest BCUT2D eigenvalue weighted by atomic mass is 10.2. The van der Waals surface area contributed by atoms with Crippen molar-refractivity contribution >= 4 is 23.2 Å². The number of halogens is 1. The van der Waals surface area contributed by atoms with Crippen LogP contribution in [-0.4, -0.2) is 26.7 Å². The number of amides is 1. The molecule has 0 spiro atoms. The van der Waals surface area contributed by atoms with Crippen molar-refractivity contribution in [2.24, 2.45) is 0 Å².